The van der Waals surface area contributed by atoms with Gasteiger partial charge in [-0.3, -0.25) is 9.05 Å². The predicted molar refractivity (Wildman–Crippen MR) is 44.8 cm³/mol. The second kappa shape index (κ2) is 4.38. The SMILES string of the molecule is CC1CCCCCOP(=O)(O)O1. The lowest BCUT2D eigenvalue weighted by Crippen LogP contribution is -2.06. The van der Waals surface area contributed by atoms with Gasteiger partial charge < -0.3 is 4.89 Å². The van der Waals surface area contributed by atoms with Gasteiger partial charge >= 0.3 is 7.82 Å². The van der Waals surface area contributed by atoms with Gasteiger partial charge in [0.2, 0.25) is 0 Å². The van der Waals surface area contributed by atoms with Crippen molar-refractivity contribution in [3.63, 3.8) is 0 Å². The van der Waals surface area contributed by atoms with Crippen molar-refractivity contribution in [2.75, 3.05) is 6.61 Å². The number of hydrogen-bond donors (Lipinski definition) is 1. The Morgan fingerprint density at radius 1 is 1.42 bits per heavy atom. The Morgan fingerprint density at radius 3 is 2.92 bits per heavy atom. The summed E-state index contributed by atoms with van der Waals surface area (Å²) in [6.07, 6.45) is 3.55. The molecular weight excluding hydrogens is 179 g/mol. The van der Waals surface area contributed by atoms with Crippen LogP contribution in [0.1, 0.15) is 32.6 Å². The quantitative estimate of drug-likeness (QED) is 0.600. The molecule has 1 rings (SSSR count). The number of phosphoric acid groups is 1. The molecule has 72 valence electrons. The fourth-order valence-corrected chi connectivity index (χ4v) is 2.18. The maximum Gasteiger partial charge on any atom is 0.472 e. The Kier molecular flexibility index (Phi) is 3.72. The minimum absolute atomic E-state index is 0.182. The first-order valence-electron chi connectivity index (χ1n) is 4.26. The molecule has 2 unspecified atom stereocenters. The average molecular weight is 194 g/mol. The first-order valence-corrected chi connectivity index (χ1v) is 5.75. The van der Waals surface area contributed by atoms with Crippen molar-refractivity contribution >= 4 is 7.82 Å². The van der Waals surface area contributed by atoms with Gasteiger partial charge in [-0.25, -0.2) is 4.57 Å². The third-order valence-electron chi connectivity index (χ3n) is 1.82. The number of phosphoric ester groups is 1. The third kappa shape index (κ3) is 3.68. The molecule has 0 amide bonds. The summed E-state index contributed by atoms with van der Waals surface area (Å²) in [5.74, 6) is 0. The lowest BCUT2D eigenvalue weighted by atomic mass is 10.1. The summed E-state index contributed by atoms with van der Waals surface area (Å²) in [5.41, 5.74) is 0. The van der Waals surface area contributed by atoms with Gasteiger partial charge in [-0.2, -0.15) is 0 Å². The van der Waals surface area contributed by atoms with Crippen molar-refractivity contribution in [1.29, 1.82) is 0 Å². The van der Waals surface area contributed by atoms with Gasteiger partial charge in [-0.05, 0) is 19.8 Å². The van der Waals surface area contributed by atoms with E-state index in [1.165, 1.54) is 0 Å². The van der Waals surface area contributed by atoms with Gasteiger partial charge in [-0.1, -0.05) is 12.8 Å². The first-order chi connectivity index (χ1) is 5.60. The highest BCUT2D eigenvalue weighted by Gasteiger charge is 2.24. The monoisotopic (exact) mass is 194 g/mol. The van der Waals surface area contributed by atoms with E-state index >= 15 is 0 Å². The van der Waals surface area contributed by atoms with Crippen molar-refractivity contribution in [3.8, 4) is 0 Å². The summed E-state index contributed by atoms with van der Waals surface area (Å²) in [6.45, 7) is 2.11. The zero-order chi connectivity index (χ0) is 9.03. The highest BCUT2D eigenvalue weighted by atomic mass is 31.2. The average Bonchev–Trinajstić information content (AvgIpc) is 1.99. The van der Waals surface area contributed by atoms with Crippen LogP contribution in [0, 0.1) is 0 Å². The van der Waals surface area contributed by atoms with Crippen LogP contribution in [0.4, 0.5) is 0 Å². The van der Waals surface area contributed by atoms with Crippen molar-refractivity contribution in [2.45, 2.75) is 38.7 Å². The van der Waals surface area contributed by atoms with E-state index in [0.29, 0.717) is 6.61 Å². The van der Waals surface area contributed by atoms with Crippen LogP contribution in [0.5, 0.6) is 0 Å². The molecule has 1 N–H and O–H groups in total. The van der Waals surface area contributed by atoms with Gasteiger partial charge in [0.1, 0.15) is 0 Å². The van der Waals surface area contributed by atoms with Gasteiger partial charge in [0, 0.05) is 0 Å². The van der Waals surface area contributed by atoms with Crippen LogP contribution >= 0.6 is 7.82 Å². The Bertz CT molecular complexity index is 182. The van der Waals surface area contributed by atoms with E-state index in [2.05, 4.69) is 0 Å². The van der Waals surface area contributed by atoms with E-state index in [4.69, 9.17) is 13.9 Å². The lowest BCUT2D eigenvalue weighted by molar-refractivity contribution is 0.114. The first kappa shape index (κ1) is 10.2. The molecule has 4 nitrogen and oxygen atoms in total. The van der Waals surface area contributed by atoms with Gasteiger partial charge in [0.05, 0.1) is 12.7 Å². The predicted octanol–water partition coefficient (Wildman–Crippen LogP) is 2.08. The molecule has 1 heterocycles. The van der Waals surface area contributed by atoms with E-state index < -0.39 is 7.82 Å². The lowest BCUT2D eigenvalue weighted by Gasteiger charge is -2.14. The van der Waals surface area contributed by atoms with Crippen molar-refractivity contribution < 1.29 is 18.5 Å². The highest BCUT2D eigenvalue weighted by Crippen LogP contribution is 2.45. The zero-order valence-corrected chi connectivity index (χ0v) is 8.13. The van der Waals surface area contributed by atoms with Gasteiger partial charge in [0.15, 0.2) is 0 Å². The third-order valence-corrected chi connectivity index (χ3v) is 2.96. The molecule has 1 saturated heterocycles. The molecule has 5 heteroatoms. The van der Waals surface area contributed by atoms with Crippen LogP contribution in [0.3, 0.4) is 0 Å². The van der Waals surface area contributed by atoms with Crippen LogP contribution < -0.4 is 0 Å². The van der Waals surface area contributed by atoms with Gasteiger partial charge in [-0.15, -0.1) is 0 Å². The van der Waals surface area contributed by atoms with E-state index in [9.17, 15) is 4.57 Å². The molecule has 0 aromatic rings. The second-order valence-corrected chi connectivity index (χ2v) is 4.47. The zero-order valence-electron chi connectivity index (χ0n) is 7.23. The van der Waals surface area contributed by atoms with Crippen LogP contribution in [-0.2, 0) is 13.6 Å². The molecule has 1 fully saturated rings. The molecule has 0 radical (unpaired) electrons. The number of rotatable bonds is 0. The standard InChI is InChI=1S/C7H15O4P/c1-7-5-3-2-4-6-10-12(8,9)11-7/h7H,2-6H2,1H3,(H,8,9). The highest BCUT2D eigenvalue weighted by molar-refractivity contribution is 7.47. The van der Waals surface area contributed by atoms with E-state index in [0.717, 1.165) is 25.7 Å². The Hall–Kier alpha value is 0.110. The number of hydrogen-bond acceptors (Lipinski definition) is 3. The maximum atomic E-state index is 11.1. The fraction of sp³-hybridized carbons (Fsp3) is 1.00. The van der Waals surface area contributed by atoms with Crippen molar-refractivity contribution in [3.05, 3.63) is 0 Å². The normalized spacial score (nSPS) is 39.7. The van der Waals surface area contributed by atoms with E-state index in [1.54, 1.807) is 6.92 Å². The molecule has 1 aliphatic heterocycles. The van der Waals surface area contributed by atoms with Crippen LogP contribution in [0.15, 0.2) is 0 Å². The molecule has 0 saturated carbocycles. The Morgan fingerprint density at radius 2 is 2.17 bits per heavy atom. The molecule has 0 aromatic heterocycles. The molecule has 1 aliphatic rings. The van der Waals surface area contributed by atoms with Crippen LogP contribution in [-0.4, -0.2) is 17.6 Å². The summed E-state index contributed by atoms with van der Waals surface area (Å²) in [4.78, 5) is 9.09. The molecule has 2 atom stereocenters. The topological polar surface area (TPSA) is 55.8 Å². The fourth-order valence-electron chi connectivity index (χ4n) is 1.20. The van der Waals surface area contributed by atoms with Crippen molar-refractivity contribution in [1.82, 2.24) is 0 Å². The summed E-state index contributed by atoms with van der Waals surface area (Å²) in [6, 6.07) is 0. The van der Waals surface area contributed by atoms with Crippen LogP contribution in [0.2, 0.25) is 0 Å². The largest absolute Gasteiger partial charge is 0.472 e. The van der Waals surface area contributed by atoms with Gasteiger partial charge in [0.25, 0.3) is 0 Å². The Labute approximate surface area is 72.5 Å². The minimum Gasteiger partial charge on any atom is -0.302 e. The molecule has 0 aromatic carbocycles. The smallest absolute Gasteiger partial charge is 0.302 e. The minimum atomic E-state index is -3.74. The summed E-state index contributed by atoms with van der Waals surface area (Å²) in [5, 5.41) is 0. The molecule has 0 spiro atoms. The molecule has 0 aliphatic carbocycles. The van der Waals surface area contributed by atoms with E-state index in [1.807, 2.05) is 0 Å². The Balaban J connectivity index is 2.49. The second-order valence-electron chi connectivity index (χ2n) is 3.07. The van der Waals surface area contributed by atoms with Crippen molar-refractivity contribution in [2.24, 2.45) is 0 Å². The van der Waals surface area contributed by atoms with E-state index in [-0.39, 0.29) is 6.10 Å². The molecule has 0 bridgehead atoms. The summed E-state index contributed by atoms with van der Waals surface area (Å²) in [7, 11) is -3.74. The summed E-state index contributed by atoms with van der Waals surface area (Å²) < 4.78 is 20.6. The summed E-state index contributed by atoms with van der Waals surface area (Å²) >= 11 is 0. The molecular formula is C7H15O4P. The maximum absolute atomic E-state index is 11.1. The molecule has 12 heavy (non-hydrogen) atoms. The van der Waals surface area contributed by atoms with Crippen LogP contribution in [0.25, 0.3) is 0 Å².